The molecule has 0 saturated carbocycles. The lowest BCUT2D eigenvalue weighted by molar-refractivity contribution is -0.133. The number of nitrogens with zero attached hydrogens (tertiary/aromatic N) is 4. The van der Waals surface area contributed by atoms with E-state index in [0.29, 0.717) is 11.2 Å². The normalized spacial score (nSPS) is 24.1. The summed E-state index contributed by atoms with van der Waals surface area (Å²) >= 11 is 0. The molecule has 1 saturated heterocycles. The van der Waals surface area contributed by atoms with E-state index in [1.54, 1.807) is 0 Å². The van der Waals surface area contributed by atoms with Crippen LogP contribution in [0.4, 0.5) is 5.82 Å². The molecule has 3 heterocycles. The van der Waals surface area contributed by atoms with Gasteiger partial charge in [-0.1, -0.05) is 0 Å². The number of aromatic nitrogens is 4. The number of carbonyl (C=O) groups excluding carboxylic acids is 2. The molecule has 2 aromatic heterocycles. The summed E-state index contributed by atoms with van der Waals surface area (Å²) in [6, 6.07) is 0. The highest BCUT2D eigenvalue weighted by Gasteiger charge is 2.44. The smallest absolute Gasteiger partial charge is 0.394 e. The van der Waals surface area contributed by atoms with Crippen molar-refractivity contribution in [3.63, 3.8) is 0 Å². The SMILES string of the molecule is CC(=O)OP(=O)(O)OP(=O)(O)O.Nc1ncnc2c1ncn2[C@@H]1O[C@H](CO)[C@@H](O)[C@H]1O.O=C[C@H](O)[C@H](O)[C@H](O)CO. The van der Waals surface area contributed by atoms with Crippen molar-refractivity contribution in [1.29, 1.82) is 0 Å². The first-order valence-corrected chi connectivity index (χ1v) is 13.9. The minimum absolute atomic E-state index is 0.0869. The van der Waals surface area contributed by atoms with Gasteiger partial charge < -0.3 is 65.3 Å². The van der Waals surface area contributed by atoms with E-state index in [1.165, 1.54) is 17.2 Å². The summed E-state index contributed by atoms with van der Waals surface area (Å²) in [4.78, 5) is 56.2. The van der Waals surface area contributed by atoms with Crippen LogP contribution in [0, 0.1) is 0 Å². The summed E-state index contributed by atoms with van der Waals surface area (Å²) in [5, 5.41) is 62.8. The molecular weight excluding hydrogens is 608 g/mol. The number of nitrogen functional groups attached to an aromatic ring is 1. The van der Waals surface area contributed by atoms with Crippen LogP contribution in [0.2, 0.25) is 0 Å². The predicted molar refractivity (Wildman–Crippen MR) is 129 cm³/mol. The average molecular weight is 637 g/mol. The highest BCUT2D eigenvalue weighted by Crippen LogP contribution is 2.57. The van der Waals surface area contributed by atoms with Crippen molar-refractivity contribution in [3.8, 4) is 0 Å². The van der Waals surface area contributed by atoms with Crippen molar-refractivity contribution < 1.29 is 82.7 Å². The Bertz CT molecular complexity index is 1240. The number of hydrogen-bond donors (Lipinski definition) is 11. The van der Waals surface area contributed by atoms with Crippen molar-refractivity contribution in [2.45, 2.75) is 49.8 Å². The molecule has 1 aliphatic heterocycles. The minimum atomic E-state index is -5.13. The number of rotatable bonds is 9. The largest absolute Gasteiger partial charge is 0.538 e. The minimum Gasteiger partial charge on any atom is -0.394 e. The molecule has 1 aliphatic rings. The molecule has 3 rings (SSSR count). The Morgan fingerprint density at radius 2 is 1.76 bits per heavy atom. The number of aliphatic hydroxyl groups excluding tert-OH is 7. The molecule has 0 spiro atoms. The van der Waals surface area contributed by atoms with E-state index in [4.69, 9.17) is 50.7 Å². The monoisotopic (exact) mass is 637 g/mol. The van der Waals surface area contributed by atoms with Gasteiger partial charge in [0.05, 0.1) is 19.5 Å². The Hall–Kier alpha value is -2.53. The lowest BCUT2D eigenvalue weighted by atomic mass is 10.1. The number of aldehydes is 1. The van der Waals surface area contributed by atoms with E-state index in [-0.39, 0.29) is 12.1 Å². The van der Waals surface area contributed by atoms with Crippen LogP contribution in [0.25, 0.3) is 11.2 Å². The predicted octanol–water partition coefficient (Wildman–Crippen LogP) is -4.96. The van der Waals surface area contributed by atoms with Gasteiger partial charge in [-0.15, -0.1) is 0 Å². The molecule has 0 amide bonds. The fourth-order valence-electron chi connectivity index (χ4n) is 2.90. The van der Waals surface area contributed by atoms with Crippen LogP contribution in [0.3, 0.4) is 0 Å². The molecular formula is C17H29N5O17P2. The summed E-state index contributed by atoms with van der Waals surface area (Å²) < 4.78 is 34.1. The van der Waals surface area contributed by atoms with Gasteiger partial charge in [0.1, 0.15) is 48.5 Å². The molecule has 8 atom stereocenters. The van der Waals surface area contributed by atoms with Gasteiger partial charge in [-0.25, -0.2) is 24.1 Å². The molecule has 1 unspecified atom stereocenters. The molecule has 0 radical (unpaired) electrons. The molecule has 1 fully saturated rings. The van der Waals surface area contributed by atoms with Crippen LogP contribution < -0.4 is 5.73 Å². The lowest BCUT2D eigenvalue weighted by Crippen LogP contribution is -2.40. The van der Waals surface area contributed by atoms with E-state index in [2.05, 4.69) is 23.8 Å². The van der Waals surface area contributed by atoms with E-state index >= 15 is 0 Å². The molecule has 22 nitrogen and oxygen atoms in total. The van der Waals surface area contributed by atoms with Crippen LogP contribution in [0.15, 0.2) is 12.7 Å². The van der Waals surface area contributed by atoms with Crippen molar-refractivity contribution in [3.05, 3.63) is 12.7 Å². The molecule has 0 aliphatic carbocycles. The third-order valence-corrected chi connectivity index (χ3v) is 6.87. The van der Waals surface area contributed by atoms with E-state index < -0.39 is 77.7 Å². The first-order chi connectivity index (χ1) is 18.9. The second kappa shape index (κ2) is 15.6. The lowest BCUT2D eigenvalue weighted by Gasteiger charge is -2.16. The van der Waals surface area contributed by atoms with Gasteiger partial charge >= 0.3 is 21.6 Å². The van der Waals surface area contributed by atoms with Crippen molar-refractivity contribution in [1.82, 2.24) is 19.5 Å². The fraction of sp³-hybridized carbons (Fsp3) is 0.588. The average Bonchev–Trinajstić information content (AvgIpc) is 3.42. The maximum absolute atomic E-state index is 10.4. The first kappa shape index (κ1) is 36.5. The van der Waals surface area contributed by atoms with Crippen molar-refractivity contribution >= 4 is 44.9 Å². The summed E-state index contributed by atoms with van der Waals surface area (Å²) in [6.07, 6.45) is -6.05. The summed E-state index contributed by atoms with van der Waals surface area (Å²) in [7, 11) is -10.1. The molecule has 41 heavy (non-hydrogen) atoms. The zero-order valence-corrected chi connectivity index (χ0v) is 22.6. The van der Waals surface area contributed by atoms with Gasteiger partial charge in [0, 0.05) is 6.92 Å². The van der Waals surface area contributed by atoms with E-state index in [1.807, 2.05) is 0 Å². The summed E-state index contributed by atoms with van der Waals surface area (Å²) in [5.74, 6) is -0.968. The Balaban J connectivity index is 0.000000333. The van der Waals surface area contributed by atoms with Crippen LogP contribution in [-0.4, -0.2) is 132 Å². The zero-order valence-electron chi connectivity index (χ0n) is 20.8. The third kappa shape index (κ3) is 11.0. The quantitative estimate of drug-likeness (QED) is 0.0905. The molecule has 0 bridgehead atoms. The number of carbonyl (C=O) groups is 2. The molecule has 2 aromatic rings. The number of phosphoric ester groups is 1. The maximum Gasteiger partial charge on any atom is 0.538 e. The highest BCUT2D eigenvalue weighted by molar-refractivity contribution is 7.61. The summed E-state index contributed by atoms with van der Waals surface area (Å²) in [6.45, 7) is -0.295. The molecule has 234 valence electrons. The van der Waals surface area contributed by atoms with Crippen molar-refractivity contribution in [2.75, 3.05) is 18.9 Å². The second-order valence-corrected chi connectivity index (χ2v) is 10.6. The van der Waals surface area contributed by atoms with Gasteiger partial charge in [-0.05, 0) is 0 Å². The number of imidazole rings is 1. The number of fused-ring (bicyclic) bond motifs is 1. The molecule has 24 heteroatoms. The molecule has 0 aromatic carbocycles. The first-order valence-electron chi connectivity index (χ1n) is 10.8. The van der Waals surface area contributed by atoms with E-state index in [9.17, 15) is 28.9 Å². The Morgan fingerprint density at radius 3 is 2.22 bits per heavy atom. The van der Waals surface area contributed by atoms with Gasteiger partial charge in [-0.3, -0.25) is 14.3 Å². The second-order valence-electron chi connectivity index (χ2n) is 7.80. The number of phosphoric acid groups is 2. The number of nitrogens with two attached hydrogens (primary N) is 1. The van der Waals surface area contributed by atoms with Gasteiger partial charge in [0.15, 0.2) is 24.0 Å². The third-order valence-electron chi connectivity index (χ3n) is 4.70. The van der Waals surface area contributed by atoms with Gasteiger partial charge in [0.2, 0.25) is 0 Å². The number of ether oxygens (including phenoxy) is 1. The molecule has 12 N–H and O–H groups in total. The van der Waals surface area contributed by atoms with Crippen LogP contribution in [-0.2, 0) is 32.3 Å². The zero-order chi connectivity index (χ0) is 31.7. The Morgan fingerprint density at radius 1 is 1.15 bits per heavy atom. The number of aliphatic hydroxyl groups is 7. The number of anilines is 1. The van der Waals surface area contributed by atoms with Crippen LogP contribution >= 0.6 is 15.6 Å². The van der Waals surface area contributed by atoms with Crippen molar-refractivity contribution in [2.24, 2.45) is 0 Å². The van der Waals surface area contributed by atoms with Crippen LogP contribution in [0.5, 0.6) is 0 Å². The number of hydrogen-bond acceptors (Lipinski definition) is 18. The van der Waals surface area contributed by atoms with Gasteiger partial charge in [-0.2, -0.15) is 4.31 Å². The maximum atomic E-state index is 10.4. The standard InChI is InChI=1S/C10H13N5O4.C5H10O5.C2H6O8P2/c11-8-5-9(13-2-12-8)15(3-14-5)10-7(18)6(17)4(1-16)19-10;6-1-3(8)5(10)4(9)2-7;1-2(3)9-12(7,8)10-11(4,5)6/h2-4,6-7,10,16-18H,1H2,(H2,11,12,13);1,3-5,7-10H,2H2;1H3,(H,7,8)(H2,4,5,6)/t4-,6-,7-,10-;3-,4+,5-;/m10./s1. The van der Waals surface area contributed by atoms with E-state index in [0.717, 1.165) is 6.92 Å². The topological polar surface area (TPSA) is 368 Å². The Labute approximate surface area is 229 Å². The highest BCUT2D eigenvalue weighted by atomic mass is 31.3. The van der Waals surface area contributed by atoms with Crippen LogP contribution in [0.1, 0.15) is 13.2 Å². The van der Waals surface area contributed by atoms with Gasteiger partial charge in [0.25, 0.3) is 0 Å². The Kier molecular flexibility index (Phi) is 13.9. The fourth-order valence-corrected chi connectivity index (χ4v) is 4.43. The summed E-state index contributed by atoms with van der Waals surface area (Å²) in [5.41, 5.74) is 6.44.